The molecule has 3 aromatic carbocycles. The Morgan fingerprint density at radius 2 is 1.67 bits per heavy atom. The third-order valence-electron chi connectivity index (χ3n) is 7.29. The molecule has 13 heteroatoms. The summed E-state index contributed by atoms with van der Waals surface area (Å²) in [6, 6.07) is 15.7. The van der Waals surface area contributed by atoms with Gasteiger partial charge in [0, 0.05) is 4.75 Å². The minimum absolute atomic E-state index is 0.0550. The molecule has 0 aliphatic carbocycles. The molecule has 4 N–H and O–H groups in total. The minimum Gasteiger partial charge on any atom is -0.352 e. The van der Waals surface area contributed by atoms with Gasteiger partial charge in [0.2, 0.25) is 11.8 Å². The molecule has 4 atom stereocenters. The largest absolute Gasteiger partial charge is 0.388 e. The number of para-hydroxylation sites is 1. The number of carbonyl (C=O) groups is 4. The summed E-state index contributed by atoms with van der Waals surface area (Å²) in [5.74, 6) is -2.86. The van der Waals surface area contributed by atoms with Gasteiger partial charge in [0.25, 0.3) is 0 Å². The van der Waals surface area contributed by atoms with Crippen LogP contribution in [0, 0.1) is 6.92 Å². The fourth-order valence-electron chi connectivity index (χ4n) is 5.03. The van der Waals surface area contributed by atoms with E-state index >= 15 is 0 Å². The summed E-state index contributed by atoms with van der Waals surface area (Å²) in [5.41, 5.74) is 8.24. The van der Waals surface area contributed by atoms with Gasteiger partial charge in [-0.2, -0.15) is 0 Å². The molecule has 5 rings (SSSR count). The maximum Gasteiger partial charge on any atom is 0.388 e. The molecule has 2 heterocycles. The molecule has 3 aromatic rings. The maximum absolute atomic E-state index is 13.2. The first-order chi connectivity index (χ1) is 20.4. The van der Waals surface area contributed by atoms with Crippen LogP contribution in [0.25, 0.3) is 0 Å². The standard InChI is InChI=1S/C30H28Cl2N4O6S/c1-15-13-14-18(31)22(20(15)32)34-19-12-8-7-11-17(19)28(39)41-42-29(40)24-30(2,3)43-27-23(26(38)36(24)27)35-25(37)21(33)16-9-5-4-6-10-16/h4-14,21,23-24,27,34H,33H2,1-3H3,(H,35,37). The van der Waals surface area contributed by atoms with Crippen LogP contribution in [0.1, 0.15) is 41.4 Å². The summed E-state index contributed by atoms with van der Waals surface area (Å²) >= 11 is 14.1. The highest BCUT2D eigenvalue weighted by atomic mass is 35.5. The number of carbonyl (C=O) groups excluding carboxylic acids is 4. The molecule has 4 unspecified atom stereocenters. The monoisotopic (exact) mass is 642 g/mol. The molecule has 0 radical (unpaired) electrons. The average Bonchev–Trinajstić information content (AvgIpc) is 3.26. The molecule has 2 amide bonds. The van der Waals surface area contributed by atoms with Crippen molar-refractivity contribution < 1.29 is 29.0 Å². The first-order valence-corrected chi connectivity index (χ1v) is 14.9. The van der Waals surface area contributed by atoms with Crippen LogP contribution in [-0.2, 0) is 24.2 Å². The molecule has 0 bridgehead atoms. The van der Waals surface area contributed by atoms with Crippen LogP contribution in [0.15, 0.2) is 66.7 Å². The van der Waals surface area contributed by atoms with Crippen molar-refractivity contribution >= 4 is 70.1 Å². The highest BCUT2D eigenvalue weighted by Crippen LogP contribution is 2.51. The number of halogens is 2. The van der Waals surface area contributed by atoms with Crippen LogP contribution in [-0.4, -0.2) is 50.9 Å². The number of nitrogens with one attached hydrogen (secondary N) is 2. The Morgan fingerprint density at radius 1 is 1.00 bits per heavy atom. The SMILES string of the molecule is Cc1ccc(Cl)c(Nc2ccccc2C(=O)OOC(=O)C2N3C(=O)C(NC(=O)C(N)c4ccccc4)C3SC2(C)C)c1Cl. The number of hydrogen-bond donors (Lipinski definition) is 3. The molecule has 2 fully saturated rings. The number of nitrogens with zero attached hydrogens (tertiary/aromatic N) is 1. The molecule has 0 aromatic heterocycles. The Morgan fingerprint density at radius 3 is 2.40 bits per heavy atom. The van der Waals surface area contributed by atoms with E-state index in [1.807, 2.05) is 13.0 Å². The second kappa shape index (κ2) is 12.1. The van der Waals surface area contributed by atoms with Crippen molar-refractivity contribution in [3.63, 3.8) is 0 Å². The number of aryl methyl sites for hydroxylation is 1. The molecule has 0 spiro atoms. The number of benzene rings is 3. The van der Waals surface area contributed by atoms with E-state index in [9.17, 15) is 19.2 Å². The third kappa shape index (κ3) is 5.90. The van der Waals surface area contributed by atoms with Crippen molar-refractivity contribution in [2.75, 3.05) is 5.32 Å². The topological polar surface area (TPSA) is 140 Å². The second-order valence-corrected chi connectivity index (χ2v) is 13.2. The quantitative estimate of drug-likeness (QED) is 0.186. The van der Waals surface area contributed by atoms with Crippen LogP contribution >= 0.6 is 35.0 Å². The van der Waals surface area contributed by atoms with E-state index in [0.717, 1.165) is 5.56 Å². The Bertz CT molecular complexity index is 1600. The van der Waals surface area contributed by atoms with Gasteiger partial charge in [-0.3, -0.25) is 9.59 Å². The van der Waals surface area contributed by atoms with Gasteiger partial charge in [0.15, 0.2) is 0 Å². The van der Waals surface area contributed by atoms with Crippen molar-refractivity contribution in [2.24, 2.45) is 5.73 Å². The molecule has 2 saturated heterocycles. The number of anilines is 2. The Balaban J connectivity index is 1.24. The summed E-state index contributed by atoms with van der Waals surface area (Å²) in [6.45, 7) is 5.34. The van der Waals surface area contributed by atoms with E-state index in [2.05, 4.69) is 10.6 Å². The van der Waals surface area contributed by atoms with Gasteiger partial charge < -0.3 is 21.3 Å². The zero-order chi connectivity index (χ0) is 31.1. The lowest BCUT2D eigenvalue weighted by Crippen LogP contribution is -2.71. The fraction of sp³-hybridized carbons (Fsp3) is 0.267. The predicted molar refractivity (Wildman–Crippen MR) is 164 cm³/mol. The fourth-order valence-corrected chi connectivity index (χ4v) is 7.11. The number of β-lactam (4-membered cyclic amide) rings is 1. The van der Waals surface area contributed by atoms with Crippen molar-refractivity contribution in [3.8, 4) is 0 Å². The lowest BCUT2D eigenvalue weighted by Gasteiger charge is -2.43. The number of fused-ring (bicyclic) bond motifs is 1. The van der Waals surface area contributed by atoms with Crippen LogP contribution in [0.5, 0.6) is 0 Å². The zero-order valence-corrected chi connectivity index (χ0v) is 25.6. The van der Waals surface area contributed by atoms with E-state index < -0.39 is 52.0 Å². The molecule has 2 aliphatic rings. The number of rotatable bonds is 7. The molecule has 0 saturated carbocycles. The van der Waals surface area contributed by atoms with E-state index in [0.29, 0.717) is 27.0 Å². The molecule has 10 nitrogen and oxygen atoms in total. The van der Waals surface area contributed by atoms with Crippen molar-refractivity contribution in [1.82, 2.24) is 10.2 Å². The molecule has 2 aliphatic heterocycles. The molecular formula is C30H28Cl2N4O6S. The van der Waals surface area contributed by atoms with E-state index in [1.54, 1.807) is 68.4 Å². The van der Waals surface area contributed by atoms with E-state index in [-0.39, 0.29) is 5.56 Å². The van der Waals surface area contributed by atoms with Gasteiger partial charge in [-0.25, -0.2) is 19.4 Å². The highest BCUT2D eigenvalue weighted by molar-refractivity contribution is 8.01. The number of nitrogens with two attached hydrogens (primary N) is 1. The van der Waals surface area contributed by atoms with Gasteiger partial charge >= 0.3 is 11.9 Å². The molecule has 43 heavy (non-hydrogen) atoms. The first-order valence-electron chi connectivity index (χ1n) is 13.2. The Labute approximate surface area is 262 Å². The van der Waals surface area contributed by atoms with Gasteiger partial charge in [-0.05, 0) is 50.1 Å². The summed E-state index contributed by atoms with van der Waals surface area (Å²) in [6.07, 6.45) is 0. The van der Waals surface area contributed by atoms with Crippen LogP contribution in [0.4, 0.5) is 11.4 Å². The first kappa shape index (κ1) is 30.7. The number of hydrogen-bond acceptors (Lipinski definition) is 9. The van der Waals surface area contributed by atoms with Crippen LogP contribution in [0.2, 0.25) is 10.0 Å². The summed E-state index contributed by atoms with van der Waals surface area (Å²) in [7, 11) is 0. The van der Waals surface area contributed by atoms with Crippen molar-refractivity contribution in [1.29, 1.82) is 0 Å². The van der Waals surface area contributed by atoms with Crippen molar-refractivity contribution in [2.45, 2.75) is 49.0 Å². The summed E-state index contributed by atoms with van der Waals surface area (Å²) < 4.78 is -0.816. The molecular weight excluding hydrogens is 615 g/mol. The summed E-state index contributed by atoms with van der Waals surface area (Å²) in [5, 5.41) is 5.95. The smallest absolute Gasteiger partial charge is 0.352 e. The maximum atomic E-state index is 13.2. The van der Waals surface area contributed by atoms with Gasteiger partial charge in [-0.15, -0.1) is 11.8 Å². The Hall–Kier alpha value is -3.77. The van der Waals surface area contributed by atoms with E-state index in [1.165, 1.54) is 22.7 Å². The van der Waals surface area contributed by atoms with E-state index in [4.69, 9.17) is 38.7 Å². The van der Waals surface area contributed by atoms with Gasteiger partial charge in [0.1, 0.15) is 23.5 Å². The third-order valence-corrected chi connectivity index (χ3v) is 9.67. The minimum atomic E-state index is -1.07. The lowest BCUT2D eigenvalue weighted by molar-refractivity contribution is -0.240. The highest BCUT2D eigenvalue weighted by Gasteiger charge is 2.65. The normalized spacial score (nSPS) is 20.8. The second-order valence-electron chi connectivity index (χ2n) is 10.6. The van der Waals surface area contributed by atoms with Gasteiger partial charge in [0.05, 0.1) is 27.0 Å². The van der Waals surface area contributed by atoms with Gasteiger partial charge in [-0.1, -0.05) is 71.7 Å². The number of thioether (sulfide) groups is 1. The lowest BCUT2D eigenvalue weighted by atomic mass is 9.95. The van der Waals surface area contributed by atoms with Crippen LogP contribution in [0.3, 0.4) is 0 Å². The van der Waals surface area contributed by atoms with Crippen molar-refractivity contribution in [3.05, 3.63) is 93.5 Å². The summed E-state index contributed by atoms with van der Waals surface area (Å²) in [4.78, 5) is 63.3. The van der Waals surface area contributed by atoms with Crippen LogP contribution < -0.4 is 16.4 Å². The predicted octanol–water partition coefficient (Wildman–Crippen LogP) is 4.91. The zero-order valence-electron chi connectivity index (χ0n) is 23.3. The number of amides is 2. The molecule has 224 valence electrons. The Kier molecular flexibility index (Phi) is 8.62. The average molecular weight is 644 g/mol.